The lowest BCUT2D eigenvalue weighted by Crippen LogP contribution is -2.03. The Kier molecular flexibility index (Phi) is 5.91. The molecule has 0 saturated carbocycles. The van der Waals surface area contributed by atoms with Gasteiger partial charge in [0.25, 0.3) is 0 Å². The molecule has 0 amide bonds. The molecule has 0 aliphatic heterocycles. The average molecular weight is 508 g/mol. The minimum absolute atomic E-state index is 0.00567. The van der Waals surface area contributed by atoms with E-state index in [9.17, 15) is 17.6 Å². The number of pyridine rings is 2. The Morgan fingerprint density at radius 1 is 1.03 bits per heavy atom. The Bertz CT molecular complexity index is 1640. The van der Waals surface area contributed by atoms with Crippen molar-refractivity contribution in [1.29, 1.82) is 0 Å². The van der Waals surface area contributed by atoms with Crippen LogP contribution in [0.5, 0.6) is 0 Å². The maximum Gasteiger partial charge on any atom is 0.348 e. The largest absolute Gasteiger partial charge is 0.457 e. The zero-order valence-corrected chi connectivity index (χ0v) is 20.0. The zero-order chi connectivity index (χ0) is 24.6. The average Bonchev–Trinajstić information content (AvgIpc) is 3.49. The van der Waals surface area contributed by atoms with Crippen molar-refractivity contribution < 1.29 is 22.3 Å². The molecule has 0 radical (unpaired) electrons. The van der Waals surface area contributed by atoms with E-state index in [2.05, 4.69) is 4.98 Å². The predicted molar refractivity (Wildman–Crippen MR) is 130 cm³/mol. The third kappa shape index (κ3) is 4.71. The monoisotopic (exact) mass is 507 g/mol. The molecule has 176 valence electrons. The third-order valence-corrected chi connectivity index (χ3v) is 8.19. The summed E-state index contributed by atoms with van der Waals surface area (Å²) in [5.41, 5.74) is 4.66. The van der Waals surface area contributed by atoms with E-state index >= 15 is 0 Å². The van der Waals surface area contributed by atoms with E-state index in [1.54, 1.807) is 41.3 Å². The van der Waals surface area contributed by atoms with Crippen molar-refractivity contribution in [3.8, 4) is 22.4 Å². The molecule has 0 saturated heterocycles. The number of benzene rings is 1. The summed E-state index contributed by atoms with van der Waals surface area (Å²) in [5, 5.41) is 4.71. The molecule has 35 heavy (non-hydrogen) atoms. The van der Waals surface area contributed by atoms with Gasteiger partial charge in [0.15, 0.2) is 9.84 Å². The molecule has 5 rings (SSSR count). The normalized spacial score (nSPS) is 11.6. The van der Waals surface area contributed by atoms with Crippen LogP contribution in [0, 0.1) is 5.82 Å². The molecule has 4 aromatic heterocycles. The molecular weight excluding hydrogens is 489 g/mol. The molecule has 4 heterocycles. The molecule has 0 aliphatic rings. The Hall–Kier alpha value is -3.89. The van der Waals surface area contributed by atoms with Gasteiger partial charge in [-0.2, -0.15) is 5.10 Å². The summed E-state index contributed by atoms with van der Waals surface area (Å²) < 4.78 is 44.1. The number of hydrogen-bond donors (Lipinski definition) is 0. The minimum Gasteiger partial charge on any atom is -0.457 e. The fourth-order valence-electron chi connectivity index (χ4n) is 3.64. The summed E-state index contributed by atoms with van der Waals surface area (Å²) >= 11 is 0.878. The van der Waals surface area contributed by atoms with Gasteiger partial charge in [-0.3, -0.25) is 4.98 Å². The SMILES string of the molecule is CS(=O)(=O)c1ccc(C(=O)OCc2ccn3nc(-c4ccc(F)cc4)c(-c4ccncc4)c3c2)s1. The number of hydrogen-bond acceptors (Lipinski definition) is 7. The molecular formula is C25H18FN3O4S2. The number of carbonyl (C=O) groups is 1. The van der Waals surface area contributed by atoms with Gasteiger partial charge in [0.05, 0.1) is 5.52 Å². The molecule has 7 nitrogen and oxygen atoms in total. The standard InChI is InChI=1S/C25H18FN3O4S2/c1-35(31,32)22-7-6-21(34-22)25(30)33-15-16-10-13-29-20(14-16)23(17-8-11-27-12-9-17)24(28-29)18-2-4-19(26)5-3-18/h2-14H,15H2,1H3. The fraction of sp³-hybridized carbons (Fsp3) is 0.0800. The van der Waals surface area contributed by atoms with Crippen LogP contribution >= 0.6 is 11.3 Å². The van der Waals surface area contributed by atoms with E-state index in [1.807, 2.05) is 18.2 Å². The van der Waals surface area contributed by atoms with E-state index in [1.165, 1.54) is 24.3 Å². The second-order valence-electron chi connectivity index (χ2n) is 7.80. The summed E-state index contributed by atoms with van der Waals surface area (Å²) in [7, 11) is -3.39. The topological polar surface area (TPSA) is 90.6 Å². The maximum absolute atomic E-state index is 13.5. The number of fused-ring (bicyclic) bond motifs is 1. The third-order valence-electron chi connectivity index (χ3n) is 5.30. The minimum atomic E-state index is -3.39. The fourth-order valence-corrected chi connectivity index (χ4v) is 5.46. The van der Waals surface area contributed by atoms with E-state index in [0.29, 0.717) is 5.69 Å². The molecule has 5 aromatic rings. The summed E-state index contributed by atoms with van der Waals surface area (Å²) in [6, 6.07) is 16.4. The lowest BCUT2D eigenvalue weighted by molar-refractivity contribution is 0.0478. The van der Waals surface area contributed by atoms with Crippen molar-refractivity contribution in [2.45, 2.75) is 10.8 Å². The van der Waals surface area contributed by atoms with Gasteiger partial charge in [0.2, 0.25) is 0 Å². The van der Waals surface area contributed by atoms with Gasteiger partial charge in [-0.25, -0.2) is 22.1 Å². The highest BCUT2D eigenvalue weighted by Crippen LogP contribution is 2.35. The van der Waals surface area contributed by atoms with Crippen LogP contribution in [0.2, 0.25) is 0 Å². The number of esters is 1. The molecule has 0 aliphatic carbocycles. The molecule has 0 atom stereocenters. The highest BCUT2D eigenvalue weighted by Gasteiger charge is 2.19. The van der Waals surface area contributed by atoms with Gasteiger partial charge >= 0.3 is 5.97 Å². The first kappa shape index (κ1) is 22.9. The van der Waals surface area contributed by atoms with Crippen LogP contribution < -0.4 is 0 Å². The predicted octanol–water partition coefficient (Wildman–Crippen LogP) is 5.02. The summed E-state index contributed by atoms with van der Waals surface area (Å²) in [6.45, 7) is -0.00567. The van der Waals surface area contributed by atoms with Crippen molar-refractivity contribution in [1.82, 2.24) is 14.6 Å². The summed E-state index contributed by atoms with van der Waals surface area (Å²) in [6.07, 6.45) is 6.23. The Labute approximate surface area is 204 Å². The Balaban J connectivity index is 1.49. The van der Waals surface area contributed by atoms with Crippen LogP contribution in [-0.4, -0.2) is 35.2 Å². The van der Waals surface area contributed by atoms with Crippen molar-refractivity contribution in [2.24, 2.45) is 0 Å². The van der Waals surface area contributed by atoms with Gasteiger partial charge in [-0.05, 0) is 71.8 Å². The quantitative estimate of drug-likeness (QED) is 0.300. The van der Waals surface area contributed by atoms with Gasteiger partial charge in [0, 0.05) is 36.0 Å². The highest BCUT2D eigenvalue weighted by atomic mass is 32.2. The number of nitrogens with zero attached hydrogens (tertiary/aromatic N) is 3. The first-order chi connectivity index (χ1) is 16.8. The molecule has 0 fully saturated rings. The van der Waals surface area contributed by atoms with E-state index in [4.69, 9.17) is 9.84 Å². The van der Waals surface area contributed by atoms with Crippen molar-refractivity contribution in [2.75, 3.05) is 6.26 Å². The van der Waals surface area contributed by atoms with Gasteiger partial charge in [0.1, 0.15) is 27.2 Å². The number of carbonyl (C=O) groups excluding carboxylic acids is 1. The molecule has 0 spiro atoms. The van der Waals surface area contributed by atoms with Crippen molar-refractivity contribution >= 4 is 32.7 Å². The van der Waals surface area contributed by atoms with Crippen LogP contribution in [0.25, 0.3) is 27.9 Å². The van der Waals surface area contributed by atoms with E-state index in [0.717, 1.165) is 45.4 Å². The number of ether oxygens (including phenoxy) is 1. The summed E-state index contributed by atoms with van der Waals surface area (Å²) in [5.74, 6) is -0.930. The first-order valence-corrected chi connectivity index (χ1v) is 13.1. The van der Waals surface area contributed by atoms with E-state index < -0.39 is 15.8 Å². The van der Waals surface area contributed by atoms with E-state index in [-0.39, 0.29) is 21.5 Å². The van der Waals surface area contributed by atoms with Gasteiger partial charge in [-0.15, -0.1) is 11.3 Å². The smallest absolute Gasteiger partial charge is 0.348 e. The zero-order valence-electron chi connectivity index (χ0n) is 18.4. The van der Waals surface area contributed by atoms with Crippen LogP contribution in [-0.2, 0) is 21.2 Å². The number of sulfone groups is 1. The first-order valence-electron chi connectivity index (χ1n) is 10.4. The second-order valence-corrected chi connectivity index (χ2v) is 11.1. The molecule has 0 bridgehead atoms. The van der Waals surface area contributed by atoms with Crippen LogP contribution in [0.1, 0.15) is 15.2 Å². The Morgan fingerprint density at radius 3 is 2.46 bits per heavy atom. The lowest BCUT2D eigenvalue weighted by atomic mass is 10.0. The van der Waals surface area contributed by atoms with Crippen molar-refractivity contribution in [3.05, 3.63) is 95.5 Å². The number of halogens is 1. The maximum atomic E-state index is 13.5. The lowest BCUT2D eigenvalue weighted by Gasteiger charge is -2.06. The second kappa shape index (κ2) is 9.05. The summed E-state index contributed by atoms with van der Waals surface area (Å²) in [4.78, 5) is 16.8. The molecule has 0 N–H and O–H groups in total. The van der Waals surface area contributed by atoms with Crippen LogP contribution in [0.4, 0.5) is 4.39 Å². The number of thiophene rings is 1. The number of aromatic nitrogens is 3. The molecule has 10 heteroatoms. The molecule has 0 unspecified atom stereocenters. The van der Waals surface area contributed by atoms with Crippen LogP contribution in [0.3, 0.4) is 0 Å². The van der Waals surface area contributed by atoms with Gasteiger partial charge < -0.3 is 4.74 Å². The number of rotatable bonds is 6. The van der Waals surface area contributed by atoms with Crippen LogP contribution in [0.15, 0.2) is 83.5 Å². The van der Waals surface area contributed by atoms with Crippen molar-refractivity contribution in [3.63, 3.8) is 0 Å². The highest BCUT2D eigenvalue weighted by molar-refractivity contribution is 7.92. The van der Waals surface area contributed by atoms with Gasteiger partial charge in [-0.1, -0.05) is 0 Å². The Morgan fingerprint density at radius 2 is 1.77 bits per heavy atom. The molecule has 1 aromatic carbocycles.